The Morgan fingerprint density at radius 2 is 1.84 bits per heavy atom. The van der Waals surface area contributed by atoms with Gasteiger partial charge in [0.25, 0.3) is 0 Å². The topological polar surface area (TPSA) is 106 Å². The number of carbonyl (C=O) groups excluding carboxylic acids is 1. The highest BCUT2D eigenvalue weighted by Gasteiger charge is 2.37. The fourth-order valence-electron chi connectivity index (χ4n) is 2.78. The molecule has 2 aromatic rings. The first-order valence-electron chi connectivity index (χ1n) is 9.12. The Balaban J connectivity index is 1.51. The van der Waals surface area contributed by atoms with Crippen molar-refractivity contribution in [3.05, 3.63) is 35.7 Å². The van der Waals surface area contributed by atoms with Crippen LogP contribution in [-0.2, 0) is 39.3 Å². The van der Waals surface area contributed by atoms with E-state index < -0.39 is 27.9 Å². The minimum absolute atomic E-state index is 0.0276. The first kappa shape index (κ1) is 23.5. The van der Waals surface area contributed by atoms with Crippen LogP contribution in [0.2, 0.25) is 0 Å². The molecule has 1 aliphatic rings. The van der Waals surface area contributed by atoms with Crippen molar-refractivity contribution in [3.8, 4) is 0 Å². The van der Waals surface area contributed by atoms with E-state index in [1.807, 2.05) is 0 Å². The highest BCUT2D eigenvalue weighted by molar-refractivity contribution is 7.99. The average molecular weight is 480 g/mol. The van der Waals surface area contributed by atoms with E-state index >= 15 is 0 Å². The second kappa shape index (κ2) is 9.54. The van der Waals surface area contributed by atoms with Crippen molar-refractivity contribution >= 4 is 27.7 Å². The molecule has 1 saturated heterocycles. The van der Waals surface area contributed by atoms with Crippen molar-refractivity contribution in [2.24, 2.45) is 7.05 Å². The standard InChI is InChI=1S/C17H20F3N5O4S2/c1-24-15(17(18,19)20)22-23-16(24)30-11-14(26)21-10-12-2-4-13(5-3-12)31(27,28)25-6-8-29-9-7-25/h2-5H,6-11H2,1H3,(H,21,26). The molecule has 3 rings (SSSR count). The summed E-state index contributed by atoms with van der Waals surface area (Å²) in [6, 6.07) is 6.14. The fourth-order valence-corrected chi connectivity index (χ4v) is 4.93. The van der Waals surface area contributed by atoms with E-state index in [1.54, 1.807) is 12.1 Å². The van der Waals surface area contributed by atoms with Crippen molar-refractivity contribution in [1.29, 1.82) is 0 Å². The van der Waals surface area contributed by atoms with Gasteiger partial charge >= 0.3 is 6.18 Å². The maximum atomic E-state index is 12.7. The van der Waals surface area contributed by atoms with Gasteiger partial charge in [-0.25, -0.2) is 8.42 Å². The first-order valence-corrected chi connectivity index (χ1v) is 11.5. The quantitative estimate of drug-likeness (QED) is 0.596. The number of hydrogen-bond donors (Lipinski definition) is 1. The monoisotopic (exact) mass is 479 g/mol. The molecule has 0 unspecified atom stereocenters. The lowest BCUT2D eigenvalue weighted by Crippen LogP contribution is -2.40. The Morgan fingerprint density at radius 1 is 1.19 bits per heavy atom. The number of morpholine rings is 1. The number of alkyl halides is 3. The molecule has 9 nitrogen and oxygen atoms in total. The Hall–Kier alpha value is -2.16. The molecule has 0 spiro atoms. The SMILES string of the molecule is Cn1c(SCC(=O)NCc2ccc(S(=O)(=O)N3CCOCC3)cc2)nnc1C(F)(F)F. The van der Waals surface area contributed by atoms with E-state index in [4.69, 9.17) is 4.74 Å². The highest BCUT2D eigenvalue weighted by atomic mass is 32.2. The van der Waals surface area contributed by atoms with Crippen LogP contribution in [0.5, 0.6) is 0 Å². The Kier molecular flexibility index (Phi) is 7.24. The summed E-state index contributed by atoms with van der Waals surface area (Å²) in [4.78, 5) is 12.2. The molecule has 1 aromatic heterocycles. The third-order valence-electron chi connectivity index (χ3n) is 4.44. The zero-order valence-corrected chi connectivity index (χ0v) is 18.1. The Morgan fingerprint density at radius 3 is 2.42 bits per heavy atom. The van der Waals surface area contributed by atoms with Crippen LogP contribution < -0.4 is 5.32 Å². The molecule has 31 heavy (non-hydrogen) atoms. The van der Waals surface area contributed by atoms with Crippen LogP contribution >= 0.6 is 11.8 Å². The number of nitrogens with zero attached hydrogens (tertiary/aromatic N) is 4. The molecular formula is C17H20F3N5O4S2. The van der Waals surface area contributed by atoms with Crippen molar-refractivity contribution in [1.82, 2.24) is 24.4 Å². The molecule has 14 heteroatoms. The van der Waals surface area contributed by atoms with Crippen LogP contribution in [-0.4, -0.2) is 65.5 Å². The number of sulfonamides is 1. The maximum absolute atomic E-state index is 12.7. The summed E-state index contributed by atoms with van der Waals surface area (Å²) in [5.74, 6) is -1.69. The van der Waals surface area contributed by atoms with Crippen molar-refractivity contribution in [2.75, 3.05) is 32.1 Å². The van der Waals surface area contributed by atoms with Gasteiger partial charge in [-0.3, -0.25) is 4.79 Å². The maximum Gasteiger partial charge on any atom is 0.451 e. The molecule has 0 aliphatic carbocycles. The van der Waals surface area contributed by atoms with Gasteiger partial charge in [0.05, 0.1) is 23.9 Å². The predicted molar refractivity (Wildman–Crippen MR) is 105 cm³/mol. The van der Waals surface area contributed by atoms with Gasteiger partial charge in [0.2, 0.25) is 21.8 Å². The van der Waals surface area contributed by atoms with E-state index in [0.717, 1.165) is 16.3 Å². The summed E-state index contributed by atoms with van der Waals surface area (Å²) in [6.45, 7) is 1.45. The number of nitrogens with one attached hydrogen (secondary N) is 1. The lowest BCUT2D eigenvalue weighted by Gasteiger charge is -2.26. The second-order valence-corrected chi connectivity index (χ2v) is 9.47. The number of ether oxygens (including phenoxy) is 1. The highest BCUT2D eigenvalue weighted by Crippen LogP contribution is 2.29. The van der Waals surface area contributed by atoms with E-state index in [1.165, 1.54) is 23.5 Å². The molecule has 1 N–H and O–H groups in total. The molecular weight excluding hydrogens is 459 g/mol. The van der Waals surface area contributed by atoms with Gasteiger partial charge in [0.1, 0.15) is 0 Å². The Bertz CT molecular complexity index is 1020. The number of rotatable bonds is 7. The normalized spacial score (nSPS) is 15.7. The molecule has 0 bridgehead atoms. The fraction of sp³-hybridized carbons (Fsp3) is 0.471. The van der Waals surface area contributed by atoms with Crippen LogP contribution in [0, 0.1) is 0 Å². The van der Waals surface area contributed by atoms with Gasteiger partial charge in [0, 0.05) is 26.7 Å². The number of halogens is 3. The number of aromatic nitrogens is 3. The van der Waals surface area contributed by atoms with Gasteiger partial charge in [-0.15, -0.1) is 10.2 Å². The summed E-state index contributed by atoms with van der Waals surface area (Å²) in [7, 11) is -2.42. The Labute approximate surface area is 181 Å². The van der Waals surface area contributed by atoms with E-state index in [0.29, 0.717) is 31.9 Å². The van der Waals surface area contributed by atoms with Gasteiger partial charge < -0.3 is 14.6 Å². The van der Waals surface area contributed by atoms with Gasteiger partial charge in [-0.2, -0.15) is 17.5 Å². The minimum atomic E-state index is -4.62. The second-order valence-electron chi connectivity index (χ2n) is 6.59. The third-order valence-corrected chi connectivity index (χ3v) is 7.37. The van der Waals surface area contributed by atoms with E-state index in [-0.39, 0.29) is 22.3 Å². The van der Waals surface area contributed by atoms with Crippen LogP contribution in [0.1, 0.15) is 11.4 Å². The zero-order valence-electron chi connectivity index (χ0n) is 16.4. The lowest BCUT2D eigenvalue weighted by molar-refractivity contribution is -0.147. The van der Waals surface area contributed by atoms with Gasteiger partial charge in [0.15, 0.2) is 5.16 Å². The van der Waals surface area contributed by atoms with E-state index in [2.05, 4.69) is 15.5 Å². The average Bonchev–Trinajstić information content (AvgIpc) is 3.12. The molecule has 1 aromatic carbocycles. The van der Waals surface area contributed by atoms with Crippen molar-refractivity contribution in [3.63, 3.8) is 0 Å². The lowest BCUT2D eigenvalue weighted by atomic mass is 10.2. The van der Waals surface area contributed by atoms with Crippen LogP contribution in [0.4, 0.5) is 13.2 Å². The molecule has 1 aliphatic heterocycles. The van der Waals surface area contributed by atoms with Crippen molar-refractivity contribution in [2.45, 2.75) is 22.8 Å². The molecule has 0 saturated carbocycles. The van der Waals surface area contributed by atoms with Crippen molar-refractivity contribution < 1.29 is 31.1 Å². The minimum Gasteiger partial charge on any atom is -0.379 e. The summed E-state index contributed by atoms with van der Waals surface area (Å²) >= 11 is 0.831. The number of benzene rings is 1. The number of amides is 1. The number of carbonyl (C=O) groups is 1. The summed E-state index contributed by atoms with van der Waals surface area (Å²) in [5, 5.41) is 9.15. The summed E-state index contributed by atoms with van der Waals surface area (Å²) in [5.41, 5.74) is 0.678. The largest absolute Gasteiger partial charge is 0.451 e. The molecule has 0 atom stereocenters. The number of thioether (sulfide) groups is 1. The molecule has 1 amide bonds. The van der Waals surface area contributed by atoms with Crippen LogP contribution in [0.15, 0.2) is 34.3 Å². The predicted octanol–water partition coefficient (Wildman–Crippen LogP) is 1.26. The zero-order chi connectivity index (χ0) is 22.6. The molecule has 0 radical (unpaired) electrons. The summed E-state index contributed by atoms with van der Waals surface area (Å²) in [6.07, 6.45) is -4.62. The van der Waals surface area contributed by atoms with E-state index in [9.17, 15) is 26.4 Å². The van der Waals surface area contributed by atoms with Gasteiger partial charge in [-0.1, -0.05) is 23.9 Å². The summed E-state index contributed by atoms with van der Waals surface area (Å²) < 4.78 is 70.7. The van der Waals surface area contributed by atoms with Crippen LogP contribution in [0.3, 0.4) is 0 Å². The smallest absolute Gasteiger partial charge is 0.379 e. The molecule has 170 valence electrons. The van der Waals surface area contributed by atoms with Crippen LogP contribution in [0.25, 0.3) is 0 Å². The number of hydrogen-bond acceptors (Lipinski definition) is 7. The first-order chi connectivity index (χ1) is 14.6. The molecule has 1 fully saturated rings. The molecule has 2 heterocycles. The van der Waals surface area contributed by atoms with Gasteiger partial charge in [-0.05, 0) is 17.7 Å². The third kappa shape index (κ3) is 5.75.